The minimum Gasteiger partial charge on any atom is -0.415 e. The first-order valence-electron chi connectivity index (χ1n) is 10.2. The molecule has 0 atom stereocenters. The number of hydrogen-bond donors (Lipinski definition) is 2. The highest BCUT2D eigenvalue weighted by Gasteiger charge is 2.54. The van der Waals surface area contributed by atoms with Gasteiger partial charge in [-0.25, -0.2) is 0 Å². The molecule has 1 aromatic heterocycles. The zero-order valence-corrected chi connectivity index (χ0v) is 16.9. The number of benzene rings is 1. The van der Waals surface area contributed by atoms with Crippen LogP contribution in [-0.4, -0.2) is 27.8 Å². The summed E-state index contributed by atoms with van der Waals surface area (Å²) in [7, 11) is 0. The van der Waals surface area contributed by atoms with Crippen LogP contribution in [-0.2, 0) is 10.2 Å². The van der Waals surface area contributed by atoms with Crippen LogP contribution in [0.2, 0.25) is 0 Å². The lowest BCUT2D eigenvalue weighted by Crippen LogP contribution is -2.48. The zero-order valence-electron chi connectivity index (χ0n) is 16.1. The normalized spacial score (nSPS) is 29.7. The van der Waals surface area contributed by atoms with Gasteiger partial charge in [0, 0.05) is 16.7 Å². The van der Waals surface area contributed by atoms with Crippen LogP contribution < -0.4 is 11.1 Å². The summed E-state index contributed by atoms with van der Waals surface area (Å²) in [5, 5.41) is 11.8. The van der Waals surface area contributed by atoms with E-state index in [0.717, 1.165) is 23.6 Å². The molecule has 0 aliphatic heterocycles. The van der Waals surface area contributed by atoms with Crippen molar-refractivity contribution in [2.75, 3.05) is 11.1 Å². The van der Waals surface area contributed by atoms with Crippen molar-refractivity contribution in [3.63, 3.8) is 0 Å². The SMILES string of the molecule is NC(=O)c1ccc(NC(=O)CSc2nnc(C34CC5CC(CC(C5)C3)C4)o2)cc1. The standard InChI is InChI=1S/C21H24N4O3S/c22-18(27)15-1-3-16(4-2-15)23-17(26)11-29-20-25-24-19(28-20)21-8-12-5-13(9-21)7-14(6-12)10-21/h1-4,12-14H,5-11H2,(H2,22,27)(H,23,26). The van der Waals surface area contributed by atoms with Gasteiger partial charge in [-0.2, -0.15) is 0 Å². The Morgan fingerprint density at radius 2 is 1.69 bits per heavy atom. The number of aromatic nitrogens is 2. The molecule has 2 aromatic rings. The first kappa shape index (κ1) is 18.7. The molecule has 0 spiro atoms. The third kappa shape index (κ3) is 3.66. The highest BCUT2D eigenvalue weighted by atomic mass is 32.2. The molecule has 4 saturated carbocycles. The third-order valence-electron chi connectivity index (χ3n) is 6.68. The van der Waals surface area contributed by atoms with Gasteiger partial charge >= 0.3 is 0 Å². The summed E-state index contributed by atoms with van der Waals surface area (Å²) in [6.07, 6.45) is 7.63. The summed E-state index contributed by atoms with van der Waals surface area (Å²) < 4.78 is 6.02. The average molecular weight is 413 g/mol. The second kappa shape index (κ2) is 7.16. The van der Waals surface area contributed by atoms with Crippen molar-refractivity contribution in [3.05, 3.63) is 35.7 Å². The fourth-order valence-corrected chi connectivity index (χ4v) is 6.46. The topological polar surface area (TPSA) is 111 Å². The zero-order chi connectivity index (χ0) is 20.0. The summed E-state index contributed by atoms with van der Waals surface area (Å²) >= 11 is 1.25. The third-order valence-corrected chi connectivity index (χ3v) is 7.50. The number of nitrogens with one attached hydrogen (secondary N) is 1. The lowest BCUT2D eigenvalue weighted by Gasteiger charge is -2.55. The van der Waals surface area contributed by atoms with Crippen molar-refractivity contribution < 1.29 is 14.0 Å². The number of nitrogens with zero attached hydrogens (tertiary/aromatic N) is 2. The summed E-state index contributed by atoms with van der Waals surface area (Å²) in [5.74, 6) is 2.74. The molecule has 2 amide bonds. The predicted octanol–water partition coefficient (Wildman–Crippen LogP) is 3.37. The van der Waals surface area contributed by atoms with E-state index in [2.05, 4.69) is 15.5 Å². The Morgan fingerprint density at radius 3 is 2.28 bits per heavy atom. The van der Waals surface area contributed by atoms with E-state index in [1.807, 2.05) is 0 Å². The van der Waals surface area contributed by atoms with E-state index in [9.17, 15) is 9.59 Å². The molecular weight excluding hydrogens is 388 g/mol. The number of carbonyl (C=O) groups is 2. The molecule has 4 bridgehead atoms. The summed E-state index contributed by atoms with van der Waals surface area (Å²) in [5.41, 5.74) is 6.31. The first-order valence-corrected chi connectivity index (χ1v) is 11.1. The second-order valence-corrected chi connectivity index (χ2v) is 9.78. The second-order valence-electron chi connectivity index (χ2n) is 8.85. The Bertz CT molecular complexity index is 904. The van der Waals surface area contributed by atoms with E-state index in [0.29, 0.717) is 16.5 Å². The van der Waals surface area contributed by atoms with Crippen LogP contribution in [0.1, 0.15) is 54.8 Å². The van der Waals surface area contributed by atoms with Crippen LogP contribution in [0.4, 0.5) is 5.69 Å². The van der Waals surface area contributed by atoms with Gasteiger partial charge in [0.05, 0.1) is 5.75 Å². The molecule has 0 unspecified atom stereocenters. The Morgan fingerprint density at radius 1 is 1.07 bits per heavy atom. The number of rotatable bonds is 6. The maximum atomic E-state index is 12.2. The van der Waals surface area contributed by atoms with Crippen LogP contribution in [0, 0.1) is 17.8 Å². The largest absolute Gasteiger partial charge is 0.415 e. The number of anilines is 1. The van der Waals surface area contributed by atoms with E-state index in [4.69, 9.17) is 10.2 Å². The highest BCUT2D eigenvalue weighted by molar-refractivity contribution is 7.99. The van der Waals surface area contributed by atoms with Crippen LogP contribution in [0.5, 0.6) is 0 Å². The molecule has 4 aliphatic rings. The lowest BCUT2D eigenvalue weighted by molar-refractivity contribution is -0.113. The number of primary amides is 1. The van der Waals surface area contributed by atoms with Crippen LogP contribution in [0.3, 0.4) is 0 Å². The predicted molar refractivity (Wildman–Crippen MR) is 108 cm³/mol. The van der Waals surface area contributed by atoms with Gasteiger partial charge in [0.25, 0.3) is 5.22 Å². The van der Waals surface area contributed by atoms with Gasteiger partial charge < -0.3 is 15.5 Å². The molecule has 29 heavy (non-hydrogen) atoms. The van der Waals surface area contributed by atoms with Crippen molar-refractivity contribution >= 4 is 29.3 Å². The number of thioether (sulfide) groups is 1. The number of amides is 2. The smallest absolute Gasteiger partial charge is 0.277 e. The van der Waals surface area contributed by atoms with E-state index < -0.39 is 5.91 Å². The molecule has 7 nitrogen and oxygen atoms in total. The summed E-state index contributed by atoms with van der Waals surface area (Å²) in [6, 6.07) is 6.47. The van der Waals surface area contributed by atoms with Gasteiger partial charge in [0.2, 0.25) is 17.7 Å². The first-order chi connectivity index (χ1) is 14.0. The Labute approximate surface area is 173 Å². The maximum Gasteiger partial charge on any atom is 0.277 e. The van der Waals surface area contributed by atoms with Gasteiger partial charge in [-0.15, -0.1) is 10.2 Å². The number of hydrogen-bond acceptors (Lipinski definition) is 6. The maximum absolute atomic E-state index is 12.2. The average Bonchev–Trinajstić information content (AvgIpc) is 3.16. The van der Waals surface area contributed by atoms with Gasteiger partial charge in [-0.3, -0.25) is 9.59 Å². The van der Waals surface area contributed by atoms with E-state index in [1.54, 1.807) is 24.3 Å². The van der Waals surface area contributed by atoms with Crippen LogP contribution in [0.15, 0.2) is 33.9 Å². The van der Waals surface area contributed by atoms with Gasteiger partial charge in [0.15, 0.2) is 0 Å². The Hall–Kier alpha value is -2.35. The molecule has 0 radical (unpaired) electrons. The fourth-order valence-electron chi connectivity index (χ4n) is 5.90. The van der Waals surface area contributed by atoms with Crippen molar-refractivity contribution in [2.45, 2.75) is 49.2 Å². The summed E-state index contributed by atoms with van der Waals surface area (Å²) in [6.45, 7) is 0. The van der Waals surface area contributed by atoms with Crippen molar-refractivity contribution in [1.29, 1.82) is 0 Å². The molecular formula is C21H24N4O3S. The molecule has 0 saturated heterocycles. The Balaban J connectivity index is 1.19. The molecule has 4 aliphatic carbocycles. The molecule has 152 valence electrons. The van der Waals surface area contributed by atoms with Crippen molar-refractivity contribution in [2.24, 2.45) is 23.5 Å². The molecule has 1 heterocycles. The Kier molecular flexibility index (Phi) is 4.61. The summed E-state index contributed by atoms with van der Waals surface area (Å²) in [4.78, 5) is 23.3. The van der Waals surface area contributed by atoms with E-state index in [-0.39, 0.29) is 17.1 Å². The molecule has 8 heteroatoms. The number of carbonyl (C=O) groups excluding carboxylic acids is 2. The highest BCUT2D eigenvalue weighted by Crippen LogP contribution is 2.60. The van der Waals surface area contributed by atoms with Crippen LogP contribution >= 0.6 is 11.8 Å². The van der Waals surface area contributed by atoms with E-state index in [1.165, 1.54) is 50.3 Å². The van der Waals surface area contributed by atoms with Crippen molar-refractivity contribution in [3.8, 4) is 0 Å². The van der Waals surface area contributed by atoms with Gasteiger partial charge in [-0.05, 0) is 80.5 Å². The van der Waals surface area contributed by atoms with Crippen molar-refractivity contribution in [1.82, 2.24) is 10.2 Å². The quantitative estimate of drug-likeness (QED) is 0.704. The van der Waals surface area contributed by atoms with Crippen LogP contribution in [0.25, 0.3) is 0 Å². The molecule has 3 N–H and O–H groups in total. The minimum atomic E-state index is -0.496. The lowest BCUT2D eigenvalue weighted by atomic mass is 9.49. The molecule has 1 aromatic carbocycles. The van der Waals surface area contributed by atoms with Gasteiger partial charge in [-0.1, -0.05) is 11.8 Å². The molecule has 6 rings (SSSR count). The minimum absolute atomic E-state index is 0.0744. The number of nitrogens with two attached hydrogens (primary N) is 1. The molecule has 4 fully saturated rings. The van der Waals surface area contributed by atoms with Gasteiger partial charge in [0.1, 0.15) is 0 Å². The van der Waals surface area contributed by atoms with E-state index >= 15 is 0 Å². The fraction of sp³-hybridized carbons (Fsp3) is 0.524. The monoisotopic (exact) mass is 412 g/mol.